The van der Waals surface area contributed by atoms with Crippen molar-refractivity contribution in [3.05, 3.63) is 23.8 Å². The van der Waals surface area contributed by atoms with E-state index in [0.29, 0.717) is 25.7 Å². The fourth-order valence-electron chi connectivity index (χ4n) is 13.2. The van der Waals surface area contributed by atoms with Crippen molar-refractivity contribution in [1.29, 1.82) is 0 Å². The second-order valence-electron chi connectivity index (χ2n) is 18.0. The van der Waals surface area contributed by atoms with E-state index >= 15 is 0 Å². The Balaban J connectivity index is 1.29. The molecule has 4 bridgehead atoms. The molecule has 1 saturated heterocycles. The van der Waals surface area contributed by atoms with Crippen molar-refractivity contribution in [3.8, 4) is 0 Å². The highest BCUT2D eigenvalue weighted by Gasteiger charge is 2.75. The number of rotatable bonds is 5. The zero-order valence-electron chi connectivity index (χ0n) is 28.5. The van der Waals surface area contributed by atoms with Crippen LogP contribution in [0.25, 0.3) is 0 Å². The summed E-state index contributed by atoms with van der Waals surface area (Å²) in [6.45, 7) is 10.6. The SMILES string of the molecule is C[C@]1(CO)CC[C@]2(C(=O)O)CC[C@]3(C)C(=CC[C@@H]4[C@]5(C)[C@@H]6[C@@H](C=C[C@H]5[C@@H](O)[C@@H](O[C@@H]5OC[C@@H](O)[C@H](O)[C@H]5O)[C@@]6(C)CO)C[C@]43C)[C@@H]2C1. The number of carboxylic acid groups (broad SMARTS) is 1. The van der Waals surface area contributed by atoms with Gasteiger partial charge in [0.1, 0.15) is 18.3 Å². The van der Waals surface area contributed by atoms with E-state index in [1.165, 1.54) is 5.57 Å². The summed E-state index contributed by atoms with van der Waals surface area (Å²) in [6.07, 6.45) is 4.15. The average Bonchev–Trinajstić information content (AvgIpc) is 3.02. The Morgan fingerprint density at radius 2 is 1.62 bits per heavy atom. The Labute approximate surface area is 277 Å². The Bertz CT molecular complexity index is 1350. The number of aliphatic carboxylic acids is 1. The fraction of sp³-hybridized carbons (Fsp3) is 0.865. The lowest BCUT2D eigenvalue weighted by Crippen LogP contribution is -2.74. The number of fused-ring (bicyclic) bond motifs is 5. The second kappa shape index (κ2) is 10.8. The van der Waals surface area contributed by atoms with E-state index in [0.717, 1.165) is 19.3 Å². The zero-order chi connectivity index (χ0) is 34.1. The zero-order valence-corrected chi connectivity index (χ0v) is 28.5. The number of aliphatic hydroxyl groups excluding tert-OH is 6. The van der Waals surface area contributed by atoms with Gasteiger partial charge in [0, 0.05) is 17.9 Å². The molecule has 10 nitrogen and oxygen atoms in total. The highest BCUT2D eigenvalue weighted by Crippen LogP contribution is 2.78. The molecule has 7 N–H and O–H groups in total. The van der Waals surface area contributed by atoms with Crippen LogP contribution in [-0.2, 0) is 14.3 Å². The van der Waals surface area contributed by atoms with Gasteiger partial charge >= 0.3 is 5.97 Å². The van der Waals surface area contributed by atoms with Gasteiger partial charge < -0.3 is 45.2 Å². The number of carboxylic acids is 1. The molecule has 7 rings (SSSR count). The smallest absolute Gasteiger partial charge is 0.310 e. The summed E-state index contributed by atoms with van der Waals surface area (Å²) < 4.78 is 12.0. The lowest BCUT2D eigenvalue weighted by molar-refractivity contribution is -0.341. The molecule has 0 aromatic rings. The first-order chi connectivity index (χ1) is 22.0. The van der Waals surface area contributed by atoms with Gasteiger partial charge in [-0.05, 0) is 90.3 Å². The van der Waals surface area contributed by atoms with Crippen LogP contribution in [0.3, 0.4) is 0 Å². The van der Waals surface area contributed by atoms with Gasteiger partial charge in [-0.3, -0.25) is 4.79 Å². The number of hydrogen-bond acceptors (Lipinski definition) is 9. The van der Waals surface area contributed by atoms with E-state index in [4.69, 9.17) is 9.47 Å². The summed E-state index contributed by atoms with van der Waals surface area (Å²) in [5, 5.41) is 75.6. The molecule has 7 aliphatic rings. The average molecular weight is 661 g/mol. The Kier molecular flexibility index (Phi) is 7.85. The molecule has 17 atom stereocenters. The van der Waals surface area contributed by atoms with Crippen molar-refractivity contribution in [1.82, 2.24) is 0 Å². The van der Waals surface area contributed by atoms with Gasteiger partial charge in [-0.25, -0.2) is 0 Å². The third-order valence-electron chi connectivity index (χ3n) is 15.9. The van der Waals surface area contributed by atoms with E-state index in [1.54, 1.807) is 0 Å². The molecule has 4 saturated carbocycles. The summed E-state index contributed by atoms with van der Waals surface area (Å²) in [4.78, 5) is 13.0. The molecular formula is C37H56O10. The van der Waals surface area contributed by atoms with Crippen LogP contribution in [0.1, 0.15) is 79.6 Å². The Morgan fingerprint density at radius 1 is 0.915 bits per heavy atom. The van der Waals surface area contributed by atoms with Crippen LogP contribution in [-0.4, -0.2) is 98.3 Å². The van der Waals surface area contributed by atoms with Crippen molar-refractivity contribution >= 4 is 5.97 Å². The van der Waals surface area contributed by atoms with Crippen LogP contribution in [0.4, 0.5) is 0 Å². The maximum Gasteiger partial charge on any atom is 0.310 e. The van der Waals surface area contributed by atoms with Crippen molar-refractivity contribution in [2.75, 3.05) is 19.8 Å². The topological polar surface area (TPSA) is 177 Å². The van der Waals surface area contributed by atoms with Crippen molar-refractivity contribution in [2.24, 2.45) is 62.1 Å². The first-order valence-electron chi connectivity index (χ1n) is 17.8. The van der Waals surface area contributed by atoms with E-state index < -0.39 is 59.0 Å². The lowest BCUT2D eigenvalue weighted by atomic mass is 9.29. The Morgan fingerprint density at radius 3 is 2.28 bits per heavy atom. The molecule has 1 heterocycles. The van der Waals surface area contributed by atoms with Gasteiger partial charge in [-0.1, -0.05) is 58.4 Å². The van der Waals surface area contributed by atoms with Crippen molar-refractivity contribution < 1.29 is 50.0 Å². The van der Waals surface area contributed by atoms with E-state index in [2.05, 4.69) is 45.9 Å². The number of ether oxygens (including phenoxy) is 2. The third kappa shape index (κ3) is 4.22. The fourth-order valence-corrected chi connectivity index (χ4v) is 13.2. The molecular weight excluding hydrogens is 604 g/mol. The number of hydrogen-bond donors (Lipinski definition) is 7. The van der Waals surface area contributed by atoms with Crippen LogP contribution in [0.2, 0.25) is 0 Å². The summed E-state index contributed by atoms with van der Waals surface area (Å²) in [7, 11) is 0. The number of allylic oxidation sites excluding steroid dienone is 3. The second-order valence-corrected chi connectivity index (χ2v) is 18.0. The van der Waals surface area contributed by atoms with Crippen molar-refractivity contribution in [2.45, 2.75) is 116 Å². The van der Waals surface area contributed by atoms with Gasteiger partial charge in [-0.15, -0.1) is 0 Å². The predicted octanol–water partition coefficient (Wildman–Crippen LogP) is 2.63. The molecule has 0 aromatic heterocycles. The van der Waals surface area contributed by atoms with Crippen molar-refractivity contribution in [3.63, 3.8) is 0 Å². The summed E-state index contributed by atoms with van der Waals surface area (Å²) >= 11 is 0. The van der Waals surface area contributed by atoms with Gasteiger partial charge in [0.15, 0.2) is 6.29 Å². The molecule has 0 unspecified atom stereocenters. The molecule has 10 heteroatoms. The van der Waals surface area contributed by atoms with Crippen LogP contribution in [0.15, 0.2) is 23.8 Å². The van der Waals surface area contributed by atoms with Gasteiger partial charge in [0.05, 0.1) is 30.8 Å². The molecule has 264 valence electrons. The first-order valence-corrected chi connectivity index (χ1v) is 17.8. The van der Waals surface area contributed by atoms with E-state index in [9.17, 15) is 40.5 Å². The largest absolute Gasteiger partial charge is 0.481 e. The first kappa shape index (κ1) is 34.1. The molecule has 0 aromatic carbocycles. The van der Waals surface area contributed by atoms with E-state index in [-0.39, 0.29) is 65.7 Å². The minimum atomic E-state index is -1.51. The number of carbonyl (C=O) groups is 1. The third-order valence-corrected chi connectivity index (χ3v) is 15.9. The summed E-state index contributed by atoms with van der Waals surface area (Å²) in [5.74, 6) is -1.08. The summed E-state index contributed by atoms with van der Waals surface area (Å²) in [6, 6.07) is 0. The highest BCUT2D eigenvalue weighted by molar-refractivity contribution is 5.76. The maximum atomic E-state index is 13.0. The van der Waals surface area contributed by atoms with Gasteiger partial charge in [-0.2, -0.15) is 0 Å². The van der Waals surface area contributed by atoms with Crippen LogP contribution in [0, 0.1) is 62.1 Å². The van der Waals surface area contributed by atoms with Crippen LogP contribution in [0.5, 0.6) is 0 Å². The molecule has 0 amide bonds. The quantitative estimate of drug-likeness (QED) is 0.171. The van der Waals surface area contributed by atoms with Gasteiger partial charge in [0.2, 0.25) is 0 Å². The highest BCUT2D eigenvalue weighted by atomic mass is 16.7. The maximum absolute atomic E-state index is 13.0. The number of aliphatic hydroxyl groups is 6. The normalized spacial score (nSPS) is 58.1. The lowest BCUT2D eigenvalue weighted by Gasteiger charge is -2.75. The minimum Gasteiger partial charge on any atom is -0.481 e. The molecule has 5 fully saturated rings. The van der Waals surface area contributed by atoms with E-state index in [1.807, 2.05) is 6.92 Å². The van der Waals surface area contributed by atoms with Gasteiger partial charge in [0.25, 0.3) is 0 Å². The Hall–Kier alpha value is -1.37. The molecule has 0 radical (unpaired) electrons. The minimum absolute atomic E-state index is 0.0424. The van der Waals surface area contributed by atoms with Crippen LogP contribution >= 0.6 is 0 Å². The van der Waals surface area contributed by atoms with Crippen LogP contribution < -0.4 is 0 Å². The predicted molar refractivity (Wildman–Crippen MR) is 170 cm³/mol. The monoisotopic (exact) mass is 660 g/mol. The molecule has 6 aliphatic carbocycles. The molecule has 1 aliphatic heterocycles. The molecule has 47 heavy (non-hydrogen) atoms. The standard InChI is InChI=1S/C37H56O10/c1-32(17-38)10-12-37(31(44)45)13-11-34(3)20(22(37)15-32)8-9-24-35(34,4)14-19-6-7-21-25(41)29(33(2,18-39)28(19)36(21,24)5)47-30-27(43)26(42)23(40)16-46-30/h6-8,19,21-30,38-43H,9-18H2,1-5H3,(H,44,45)/t19-,21-,22-,23+,24-,25+,26-,27+,28+,29+,30-,32-,33-,34+,35+,36+,37-/m0/s1. The summed E-state index contributed by atoms with van der Waals surface area (Å²) in [5.41, 5.74) is -1.75. The molecule has 0 spiro atoms.